The Morgan fingerprint density at radius 2 is 2.07 bits per heavy atom. The summed E-state index contributed by atoms with van der Waals surface area (Å²) in [7, 11) is 0. The average molecular weight is 265 g/mol. The first-order valence-corrected chi connectivity index (χ1v) is 5.22. The van der Waals surface area contributed by atoms with Crippen molar-refractivity contribution < 1.29 is 4.79 Å². The third-order valence-electron chi connectivity index (χ3n) is 1.74. The fourth-order valence-corrected chi connectivity index (χ4v) is 1.52. The van der Waals surface area contributed by atoms with Crippen molar-refractivity contribution in [2.45, 2.75) is 0 Å². The maximum Gasteiger partial charge on any atom is 0.321 e. The van der Waals surface area contributed by atoms with Crippen molar-refractivity contribution in [3.05, 3.63) is 40.9 Å². The molecule has 0 heterocycles. The fourth-order valence-electron chi connectivity index (χ4n) is 1.06. The Morgan fingerprint density at radius 3 is 2.53 bits per heavy atom. The van der Waals surface area contributed by atoms with Gasteiger partial charge in [0.05, 0.1) is 10.0 Å². The van der Waals surface area contributed by atoms with E-state index in [9.17, 15) is 4.79 Å². The van der Waals surface area contributed by atoms with E-state index in [0.717, 1.165) is 0 Å². The van der Waals surface area contributed by atoms with Gasteiger partial charge in [-0.2, -0.15) is 0 Å². The summed E-state index contributed by atoms with van der Waals surface area (Å²) in [6.07, 6.45) is 1.57. The van der Waals surface area contributed by atoms with Crippen LogP contribution in [0.4, 0.5) is 10.5 Å². The van der Waals surface area contributed by atoms with Crippen molar-refractivity contribution in [3.63, 3.8) is 0 Å². The van der Waals surface area contributed by atoms with Crippen LogP contribution in [-0.2, 0) is 0 Å². The SMILES string of the molecule is C=CCN(C(=O)Cl)c1ccc(Cl)c(Cl)c1. The molecule has 0 spiro atoms. The van der Waals surface area contributed by atoms with Gasteiger partial charge in [-0.3, -0.25) is 9.69 Å². The number of benzene rings is 1. The molecule has 5 heteroatoms. The lowest BCUT2D eigenvalue weighted by Gasteiger charge is -2.18. The quantitative estimate of drug-likeness (QED) is 0.452. The van der Waals surface area contributed by atoms with E-state index in [1.165, 1.54) is 4.90 Å². The molecule has 0 N–H and O–H groups in total. The Morgan fingerprint density at radius 1 is 1.40 bits per heavy atom. The third kappa shape index (κ3) is 3.13. The predicted octanol–water partition coefficient (Wildman–Crippen LogP) is 4.34. The summed E-state index contributed by atoms with van der Waals surface area (Å²) in [5, 5.41) is 0.218. The second-order valence-corrected chi connectivity index (χ2v) is 3.89. The van der Waals surface area contributed by atoms with Crippen molar-refractivity contribution in [1.82, 2.24) is 0 Å². The molecule has 80 valence electrons. The largest absolute Gasteiger partial charge is 0.321 e. The average Bonchev–Trinajstić information content (AvgIpc) is 2.18. The summed E-state index contributed by atoms with van der Waals surface area (Å²) >= 11 is 17.0. The van der Waals surface area contributed by atoms with E-state index in [1.54, 1.807) is 24.3 Å². The number of halogens is 3. The molecule has 0 saturated carbocycles. The number of carbonyl (C=O) groups is 1. The maximum atomic E-state index is 11.1. The van der Waals surface area contributed by atoms with Gasteiger partial charge < -0.3 is 0 Å². The second-order valence-electron chi connectivity index (χ2n) is 2.75. The minimum atomic E-state index is -0.590. The minimum Gasteiger partial charge on any atom is -0.295 e. The molecule has 0 aliphatic carbocycles. The van der Waals surface area contributed by atoms with Crippen molar-refractivity contribution in [2.24, 2.45) is 0 Å². The maximum absolute atomic E-state index is 11.1. The van der Waals surface area contributed by atoms with Gasteiger partial charge in [-0.25, -0.2) is 0 Å². The minimum absolute atomic E-state index is 0.320. The first-order valence-electron chi connectivity index (χ1n) is 4.09. The molecule has 0 saturated heterocycles. The second kappa shape index (κ2) is 5.40. The van der Waals surface area contributed by atoms with Crippen LogP contribution in [0, 0.1) is 0 Å². The molecule has 0 atom stereocenters. The summed E-state index contributed by atoms with van der Waals surface area (Å²) in [6.45, 7) is 3.86. The van der Waals surface area contributed by atoms with Gasteiger partial charge in [-0.15, -0.1) is 6.58 Å². The summed E-state index contributed by atoms with van der Waals surface area (Å²) in [5.41, 5.74) is 0.587. The molecular weight excluding hydrogens is 256 g/mol. The smallest absolute Gasteiger partial charge is 0.295 e. The van der Waals surface area contributed by atoms with Crippen LogP contribution in [0.1, 0.15) is 0 Å². The fraction of sp³-hybridized carbons (Fsp3) is 0.100. The number of hydrogen-bond donors (Lipinski definition) is 0. The van der Waals surface area contributed by atoms with Gasteiger partial charge in [0.15, 0.2) is 0 Å². The zero-order chi connectivity index (χ0) is 11.4. The van der Waals surface area contributed by atoms with Crippen LogP contribution in [0.25, 0.3) is 0 Å². The van der Waals surface area contributed by atoms with Crippen LogP contribution in [0.5, 0.6) is 0 Å². The Hall–Kier alpha value is -0.700. The molecule has 0 aliphatic heterocycles. The zero-order valence-electron chi connectivity index (χ0n) is 7.71. The lowest BCUT2D eigenvalue weighted by molar-refractivity contribution is 0.264. The number of nitrogens with zero attached hydrogens (tertiary/aromatic N) is 1. The van der Waals surface area contributed by atoms with Gasteiger partial charge >= 0.3 is 5.37 Å². The van der Waals surface area contributed by atoms with Crippen LogP contribution in [0.3, 0.4) is 0 Å². The molecule has 1 aromatic carbocycles. The summed E-state index contributed by atoms with van der Waals surface area (Å²) in [5.74, 6) is 0. The first-order chi connectivity index (χ1) is 7.06. The first kappa shape index (κ1) is 12.4. The van der Waals surface area contributed by atoms with E-state index >= 15 is 0 Å². The molecule has 1 amide bonds. The highest BCUT2D eigenvalue weighted by molar-refractivity contribution is 6.66. The molecule has 0 aromatic heterocycles. The molecule has 0 bridgehead atoms. The van der Waals surface area contributed by atoms with Gasteiger partial charge in [0, 0.05) is 12.2 Å². The summed E-state index contributed by atoms with van der Waals surface area (Å²) < 4.78 is 0. The standard InChI is InChI=1S/C10H8Cl3NO/c1-2-5-14(10(13)15)7-3-4-8(11)9(12)6-7/h2-4,6H,1,5H2. The Balaban J connectivity index is 3.06. The van der Waals surface area contributed by atoms with Crippen LogP contribution >= 0.6 is 34.8 Å². The highest BCUT2D eigenvalue weighted by Gasteiger charge is 2.12. The highest BCUT2D eigenvalue weighted by Crippen LogP contribution is 2.27. The molecule has 1 aromatic rings. The van der Waals surface area contributed by atoms with Gasteiger partial charge in [0.25, 0.3) is 0 Å². The van der Waals surface area contributed by atoms with Crippen LogP contribution in [-0.4, -0.2) is 11.9 Å². The number of anilines is 1. The number of rotatable bonds is 3. The van der Waals surface area contributed by atoms with Gasteiger partial charge in [-0.05, 0) is 29.8 Å². The highest BCUT2D eigenvalue weighted by atomic mass is 35.5. The Kier molecular flexibility index (Phi) is 4.45. The third-order valence-corrected chi connectivity index (χ3v) is 2.68. The lowest BCUT2D eigenvalue weighted by atomic mass is 10.3. The zero-order valence-corrected chi connectivity index (χ0v) is 9.98. The molecule has 1 rings (SSSR count). The van der Waals surface area contributed by atoms with E-state index in [1.807, 2.05) is 0 Å². The normalized spacial score (nSPS) is 9.80. The molecule has 15 heavy (non-hydrogen) atoms. The van der Waals surface area contributed by atoms with Gasteiger partial charge in [0.1, 0.15) is 0 Å². The monoisotopic (exact) mass is 263 g/mol. The predicted molar refractivity (Wildman–Crippen MR) is 65.3 cm³/mol. The van der Waals surface area contributed by atoms with Crippen LogP contribution in [0.15, 0.2) is 30.9 Å². The summed E-state index contributed by atoms with van der Waals surface area (Å²) in [6, 6.07) is 4.85. The van der Waals surface area contributed by atoms with E-state index in [-0.39, 0.29) is 0 Å². The van der Waals surface area contributed by atoms with Crippen molar-refractivity contribution in [2.75, 3.05) is 11.4 Å². The van der Waals surface area contributed by atoms with E-state index in [4.69, 9.17) is 34.8 Å². The molecule has 0 aliphatic rings. The Bertz CT molecular complexity index is 392. The molecule has 2 nitrogen and oxygen atoms in total. The molecule has 0 fully saturated rings. The topological polar surface area (TPSA) is 20.3 Å². The van der Waals surface area contributed by atoms with Crippen molar-refractivity contribution in [1.29, 1.82) is 0 Å². The van der Waals surface area contributed by atoms with Gasteiger partial charge in [0.2, 0.25) is 0 Å². The van der Waals surface area contributed by atoms with E-state index < -0.39 is 5.37 Å². The van der Waals surface area contributed by atoms with Crippen molar-refractivity contribution in [3.8, 4) is 0 Å². The van der Waals surface area contributed by atoms with E-state index in [2.05, 4.69) is 6.58 Å². The van der Waals surface area contributed by atoms with Gasteiger partial charge in [-0.1, -0.05) is 29.3 Å². The molecule has 0 radical (unpaired) electrons. The van der Waals surface area contributed by atoms with E-state index in [0.29, 0.717) is 22.3 Å². The number of hydrogen-bond acceptors (Lipinski definition) is 1. The molecule has 0 unspecified atom stereocenters. The summed E-state index contributed by atoms with van der Waals surface area (Å²) in [4.78, 5) is 12.4. The number of amides is 1. The van der Waals surface area contributed by atoms with Crippen molar-refractivity contribution >= 4 is 45.9 Å². The Labute approximate surface area is 103 Å². The molecular formula is C10H8Cl3NO. The number of carbonyl (C=O) groups excluding carboxylic acids is 1. The van der Waals surface area contributed by atoms with Crippen LogP contribution < -0.4 is 4.90 Å². The lowest BCUT2D eigenvalue weighted by Crippen LogP contribution is -2.25. The van der Waals surface area contributed by atoms with Crippen LogP contribution in [0.2, 0.25) is 10.0 Å².